The maximum absolute atomic E-state index is 11.5. The first-order valence-corrected chi connectivity index (χ1v) is 16.6. The van der Waals surface area contributed by atoms with Gasteiger partial charge in [-0.15, -0.1) is 0 Å². The molecule has 0 saturated carbocycles. The third-order valence-corrected chi connectivity index (χ3v) is 9.83. The number of nitro benzene ring substituents is 2. The summed E-state index contributed by atoms with van der Waals surface area (Å²) in [6, 6.07) is 9.95. The number of aromatic nitrogens is 2. The first-order chi connectivity index (χ1) is 21.9. The Morgan fingerprint density at radius 2 is 1.09 bits per heavy atom. The van der Waals surface area contributed by atoms with Crippen molar-refractivity contribution in [1.82, 2.24) is 9.97 Å². The van der Waals surface area contributed by atoms with Crippen molar-refractivity contribution >= 4 is 44.6 Å². The summed E-state index contributed by atoms with van der Waals surface area (Å²) in [6.45, 7) is 10.7. The van der Waals surface area contributed by atoms with Gasteiger partial charge in [0.25, 0.3) is 11.4 Å². The molecule has 46 heavy (non-hydrogen) atoms. The smallest absolute Gasteiger partial charge is 0.270 e. The van der Waals surface area contributed by atoms with E-state index in [1.165, 1.54) is 11.1 Å². The molecule has 0 saturated heterocycles. The first kappa shape index (κ1) is 31.6. The van der Waals surface area contributed by atoms with Crippen LogP contribution in [0.2, 0.25) is 0 Å². The van der Waals surface area contributed by atoms with Crippen LogP contribution in [0.3, 0.4) is 0 Å². The molecule has 2 aromatic heterocycles. The molecule has 0 bridgehead atoms. The summed E-state index contributed by atoms with van der Waals surface area (Å²) in [5, 5.41) is 32.1. The number of nitro groups is 2. The van der Waals surface area contributed by atoms with Crippen molar-refractivity contribution in [3.63, 3.8) is 0 Å². The van der Waals surface area contributed by atoms with Gasteiger partial charge in [0.15, 0.2) is 0 Å². The van der Waals surface area contributed by atoms with E-state index >= 15 is 0 Å². The minimum absolute atomic E-state index is 0.0856. The molecular formula is C36H44N6O4. The Bertz CT molecular complexity index is 1700. The van der Waals surface area contributed by atoms with Gasteiger partial charge in [-0.05, 0) is 85.5 Å². The molecule has 2 N–H and O–H groups in total. The molecule has 2 aliphatic rings. The van der Waals surface area contributed by atoms with Crippen molar-refractivity contribution in [3.05, 3.63) is 79.1 Å². The number of fused-ring (bicyclic) bond motifs is 4. The summed E-state index contributed by atoms with van der Waals surface area (Å²) < 4.78 is 0. The number of nitrogens with zero attached hydrogens (tertiary/aromatic N) is 4. The quantitative estimate of drug-likeness (QED) is 0.0960. The maximum Gasteiger partial charge on any atom is 0.270 e. The normalized spacial score (nSPS) is 16.5. The maximum atomic E-state index is 11.5. The fraction of sp³-hybridized carbons (Fsp3) is 0.500. The summed E-state index contributed by atoms with van der Waals surface area (Å²) >= 11 is 0. The lowest BCUT2D eigenvalue weighted by Gasteiger charge is -2.32. The molecule has 4 aromatic rings. The fourth-order valence-corrected chi connectivity index (χ4v) is 7.19. The van der Waals surface area contributed by atoms with Gasteiger partial charge in [-0.25, -0.2) is 0 Å². The van der Waals surface area contributed by atoms with Crippen molar-refractivity contribution in [1.29, 1.82) is 0 Å². The standard InChI is InChI=1S/C36H44N6O4/c1-35(2)15-13-25-31(21-35)39-29-11-9-23(41(43)44)19-27(29)33(25)37-17-7-5-6-8-18-38-34-26-14-16-36(3,4)22-32(26)40-30-12-10-24(42(45)46)20-28(30)34/h9-12,19-20H,5-8,13-18,21-22H2,1-4H3,(H,37,39)(H,38,40). The van der Waals surface area contributed by atoms with Crippen molar-refractivity contribution in [2.24, 2.45) is 10.8 Å². The predicted octanol–water partition coefficient (Wildman–Crippen LogP) is 8.71. The highest BCUT2D eigenvalue weighted by Gasteiger charge is 2.30. The van der Waals surface area contributed by atoms with Crippen LogP contribution >= 0.6 is 0 Å². The van der Waals surface area contributed by atoms with Crippen molar-refractivity contribution in [3.8, 4) is 0 Å². The van der Waals surface area contributed by atoms with Crippen molar-refractivity contribution in [2.75, 3.05) is 23.7 Å². The third-order valence-electron chi connectivity index (χ3n) is 9.83. The fourth-order valence-electron chi connectivity index (χ4n) is 7.19. The first-order valence-electron chi connectivity index (χ1n) is 16.6. The van der Waals surface area contributed by atoms with E-state index < -0.39 is 0 Å². The number of pyridine rings is 2. The Morgan fingerprint density at radius 3 is 1.48 bits per heavy atom. The van der Waals surface area contributed by atoms with E-state index in [2.05, 4.69) is 38.3 Å². The topological polar surface area (TPSA) is 136 Å². The molecule has 0 unspecified atom stereocenters. The van der Waals surface area contributed by atoms with Crippen LogP contribution in [0.15, 0.2) is 36.4 Å². The van der Waals surface area contributed by atoms with Gasteiger partial charge in [-0.1, -0.05) is 40.5 Å². The van der Waals surface area contributed by atoms with E-state index in [0.29, 0.717) is 0 Å². The highest BCUT2D eigenvalue weighted by molar-refractivity contribution is 5.96. The second-order valence-electron chi connectivity index (χ2n) is 14.7. The zero-order chi connectivity index (χ0) is 32.6. The number of benzene rings is 2. The van der Waals surface area contributed by atoms with Crippen LogP contribution in [0.4, 0.5) is 22.7 Å². The monoisotopic (exact) mass is 624 g/mol. The number of anilines is 2. The van der Waals surface area contributed by atoms with E-state index in [1.807, 2.05) is 0 Å². The second kappa shape index (κ2) is 12.5. The molecule has 0 fully saturated rings. The molecule has 0 atom stereocenters. The molecule has 242 valence electrons. The Morgan fingerprint density at radius 1 is 0.674 bits per heavy atom. The molecular weight excluding hydrogens is 580 g/mol. The lowest BCUT2D eigenvalue weighted by atomic mass is 9.75. The van der Waals surface area contributed by atoms with Gasteiger partial charge < -0.3 is 10.6 Å². The van der Waals surface area contributed by atoms with Crippen LogP contribution in [-0.4, -0.2) is 32.9 Å². The van der Waals surface area contributed by atoms with Gasteiger partial charge in [0.05, 0.1) is 20.9 Å². The minimum atomic E-state index is -0.341. The molecule has 10 nitrogen and oxygen atoms in total. The van der Waals surface area contributed by atoms with Crippen LogP contribution in [0.25, 0.3) is 21.8 Å². The van der Waals surface area contributed by atoms with E-state index in [9.17, 15) is 20.2 Å². The van der Waals surface area contributed by atoms with Gasteiger partial charge in [0.2, 0.25) is 0 Å². The van der Waals surface area contributed by atoms with Crippen LogP contribution in [0, 0.1) is 31.1 Å². The zero-order valence-corrected chi connectivity index (χ0v) is 27.4. The van der Waals surface area contributed by atoms with Crippen LogP contribution in [0.1, 0.15) is 88.7 Å². The Kier molecular flexibility index (Phi) is 8.56. The Balaban J connectivity index is 1.10. The predicted molar refractivity (Wildman–Crippen MR) is 184 cm³/mol. The van der Waals surface area contributed by atoms with E-state index in [-0.39, 0.29) is 32.1 Å². The second-order valence-corrected chi connectivity index (χ2v) is 14.7. The summed E-state index contributed by atoms with van der Waals surface area (Å²) in [7, 11) is 0. The van der Waals surface area contributed by atoms with Crippen LogP contribution < -0.4 is 10.6 Å². The number of rotatable bonds is 11. The molecule has 0 spiro atoms. The summed E-state index contributed by atoms with van der Waals surface area (Å²) in [5.41, 5.74) is 8.77. The Hall–Kier alpha value is -4.34. The lowest BCUT2D eigenvalue weighted by Crippen LogP contribution is -2.24. The highest BCUT2D eigenvalue weighted by atomic mass is 16.6. The van der Waals surface area contributed by atoms with Gasteiger partial charge in [0.1, 0.15) is 0 Å². The highest BCUT2D eigenvalue weighted by Crippen LogP contribution is 2.42. The molecule has 0 amide bonds. The van der Waals surface area contributed by atoms with Gasteiger partial charge >= 0.3 is 0 Å². The molecule has 0 aliphatic heterocycles. The molecule has 2 aliphatic carbocycles. The number of non-ortho nitro benzene ring substituents is 2. The van der Waals surface area contributed by atoms with Crippen LogP contribution in [-0.2, 0) is 25.7 Å². The molecule has 2 heterocycles. The average molecular weight is 625 g/mol. The SMILES string of the molecule is CC1(C)CCc2c(nc3ccc([N+](=O)[O-])cc3c2NCCCCCCNc2c3c(nc4ccc([N+](=O)[O-])cc24)CC(C)(C)CC3)C1. The largest absolute Gasteiger partial charge is 0.384 e. The number of nitrogens with one attached hydrogen (secondary N) is 2. The summed E-state index contributed by atoms with van der Waals surface area (Å²) in [5.74, 6) is 0. The van der Waals surface area contributed by atoms with Crippen molar-refractivity contribution in [2.45, 2.75) is 91.9 Å². The Labute approximate surface area is 269 Å². The molecule has 10 heteroatoms. The summed E-state index contributed by atoms with van der Waals surface area (Å²) in [6.07, 6.45) is 9.80. The van der Waals surface area contributed by atoms with Gasteiger partial charge in [0, 0.05) is 70.9 Å². The third kappa shape index (κ3) is 6.62. The minimum Gasteiger partial charge on any atom is -0.384 e. The molecule has 0 radical (unpaired) electrons. The van der Waals surface area contributed by atoms with E-state index in [0.717, 1.165) is 122 Å². The lowest BCUT2D eigenvalue weighted by molar-refractivity contribution is -0.384. The number of unbranched alkanes of at least 4 members (excludes halogenated alkanes) is 3. The number of hydrogen-bond donors (Lipinski definition) is 2. The van der Waals surface area contributed by atoms with Gasteiger partial charge in [-0.3, -0.25) is 30.2 Å². The number of hydrogen-bond acceptors (Lipinski definition) is 8. The van der Waals surface area contributed by atoms with Crippen molar-refractivity contribution < 1.29 is 9.85 Å². The van der Waals surface area contributed by atoms with E-state index in [4.69, 9.17) is 9.97 Å². The zero-order valence-electron chi connectivity index (χ0n) is 27.4. The molecule has 6 rings (SSSR count). The van der Waals surface area contributed by atoms with Gasteiger partial charge in [-0.2, -0.15) is 0 Å². The summed E-state index contributed by atoms with van der Waals surface area (Å²) in [4.78, 5) is 32.3. The molecule has 2 aromatic carbocycles. The van der Waals surface area contributed by atoms with Crippen LogP contribution in [0.5, 0.6) is 0 Å². The van der Waals surface area contributed by atoms with E-state index in [1.54, 1.807) is 36.4 Å². The average Bonchev–Trinajstić information content (AvgIpc) is 2.99.